The van der Waals surface area contributed by atoms with Crippen molar-refractivity contribution in [2.45, 2.75) is 38.3 Å². The van der Waals surface area contributed by atoms with Gasteiger partial charge in [-0.05, 0) is 19.8 Å². The highest BCUT2D eigenvalue weighted by molar-refractivity contribution is 7.99. The Kier molecular flexibility index (Phi) is 5.60. The molecule has 0 saturated heterocycles. The molecule has 0 unspecified atom stereocenters. The molecule has 20 heavy (non-hydrogen) atoms. The van der Waals surface area contributed by atoms with Crippen LogP contribution >= 0.6 is 23.1 Å². The van der Waals surface area contributed by atoms with Gasteiger partial charge in [-0.15, -0.1) is 11.3 Å². The number of aromatic amines is 1. The molecule has 0 atom stereocenters. The number of hydrogen-bond acceptors (Lipinski definition) is 5. The van der Waals surface area contributed by atoms with Crippen LogP contribution in [0.15, 0.2) is 16.7 Å². The van der Waals surface area contributed by atoms with E-state index in [2.05, 4.69) is 27.2 Å². The van der Waals surface area contributed by atoms with Gasteiger partial charge in [0.1, 0.15) is 0 Å². The summed E-state index contributed by atoms with van der Waals surface area (Å²) in [5, 5.41) is 6.03. The predicted molar refractivity (Wildman–Crippen MR) is 83.4 cm³/mol. The number of unbranched alkanes of at least 4 members (excludes halogenated alkanes) is 1. The van der Waals surface area contributed by atoms with Crippen molar-refractivity contribution >= 4 is 34.1 Å². The second-order valence-electron chi connectivity index (χ2n) is 4.39. The Morgan fingerprint density at radius 1 is 1.55 bits per heavy atom. The Hall–Kier alpha value is -1.34. The van der Waals surface area contributed by atoms with Crippen molar-refractivity contribution in [3.63, 3.8) is 0 Å². The monoisotopic (exact) mass is 310 g/mol. The standard InChI is InChI=1S/C13H18N4OS2/c1-3-4-5-10-9(2)15-13(16-10)20-8-11(18)17-12-14-6-7-19-12/h6-7H,3-5,8H2,1-2H3,(H,15,16)(H,14,17,18). The Labute approximate surface area is 126 Å². The number of thiazole rings is 1. The molecule has 0 radical (unpaired) electrons. The highest BCUT2D eigenvalue weighted by Gasteiger charge is 2.10. The van der Waals surface area contributed by atoms with Gasteiger partial charge in [0.2, 0.25) is 5.91 Å². The molecule has 0 aliphatic heterocycles. The number of amides is 1. The summed E-state index contributed by atoms with van der Waals surface area (Å²) >= 11 is 2.83. The first kappa shape index (κ1) is 15.1. The topological polar surface area (TPSA) is 70.7 Å². The van der Waals surface area contributed by atoms with E-state index in [1.54, 1.807) is 6.20 Å². The Morgan fingerprint density at radius 3 is 3.10 bits per heavy atom. The number of rotatable bonds is 7. The van der Waals surface area contributed by atoms with Crippen LogP contribution in [0.2, 0.25) is 0 Å². The maximum Gasteiger partial charge on any atom is 0.236 e. The zero-order chi connectivity index (χ0) is 14.4. The molecule has 0 saturated carbocycles. The summed E-state index contributed by atoms with van der Waals surface area (Å²) in [5.74, 6) is 0.272. The fourth-order valence-corrected chi connectivity index (χ4v) is 2.98. The van der Waals surface area contributed by atoms with Gasteiger partial charge in [-0.2, -0.15) is 0 Å². The first-order valence-electron chi connectivity index (χ1n) is 6.56. The van der Waals surface area contributed by atoms with E-state index in [-0.39, 0.29) is 5.91 Å². The van der Waals surface area contributed by atoms with Gasteiger partial charge in [0.25, 0.3) is 0 Å². The molecule has 1 amide bonds. The third-order valence-corrected chi connectivity index (χ3v) is 4.31. The van der Waals surface area contributed by atoms with Gasteiger partial charge in [0, 0.05) is 17.3 Å². The molecule has 0 bridgehead atoms. The van der Waals surface area contributed by atoms with E-state index in [0.29, 0.717) is 10.9 Å². The number of nitrogens with zero attached hydrogens (tertiary/aromatic N) is 2. The number of H-pyrrole nitrogens is 1. The van der Waals surface area contributed by atoms with Gasteiger partial charge in [0.15, 0.2) is 10.3 Å². The van der Waals surface area contributed by atoms with Crippen LogP contribution in [-0.2, 0) is 11.2 Å². The van der Waals surface area contributed by atoms with Crippen molar-refractivity contribution in [3.8, 4) is 0 Å². The van der Waals surface area contributed by atoms with Gasteiger partial charge in [-0.1, -0.05) is 25.1 Å². The zero-order valence-electron chi connectivity index (χ0n) is 11.6. The third kappa shape index (κ3) is 4.35. The molecule has 7 heteroatoms. The van der Waals surface area contributed by atoms with Crippen molar-refractivity contribution < 1.29 is 4.79 Å². The van der Waals surface area contributed by atoms with E-state index in [1.807, 2.05) is 12.3 Å². The summed E-state index contributed by atoms with van der Waals surface area (Å²) in [6.07, 6.45) is 4.96. The molecule has 0 fully saturated rings. The summed E-state index contributed by atoms with van der Waals surface area (Å²) in [6.45, 7) is 4.19. The summed E-state index contributed by atoms with van der Waals surface area (Å²) in [4.78, 5) is 23.5. The van der Waals surface area contributed by atoms with Crippen molar-refractivity contribution in [3.05, 3.63) is 23.0 Å². The first-order chi connectivity index (χ1) is 9.69. The smallest absolute Gasteiger partial charge is 0.236 e. The molecular weight excluding hydrogens is 292 g/mol. The number of anilines is 1. The molecule has 0 aromatic carbocycles. The second kappa shape index (κ2) is 7.44. The van der Waals surface area contributed by atoms with E-state index in [0.717, 1.165) is 35.8 Å². The van der Waals surface area contributed by atoms with Crippen LogP contribution in [0, 0.1) is 6.92 Å². The number of aromatic nitrogens is 3. The van der Waals surface area contributed by atoms with E-state index in [4.69, 9.17) is 0 Å². The maximum absolute atomic E-state index is 11.7. The Balaban J connectivity index is 1.82. The van der Waals surface area contributed by atoms with Crippen molar-refractivity contribution in [2.24, 2.45) is 0 Å². The van der Waals surface area contributed by atoms with Crippen LogP contribution in [0.4, 0.5) is 5.13 Å². The van der Waals surface area contributed by atoms with E-state index in [1.165, 1.54) is 23.1 Å². The van der Waals surface area contributed by atoms with Gasteiger partial charge in [-0.3, -0.25) is 4.79 Å². The molecule has 0 aliphatic carbocycles. The van der Waals surface area contributed by atoms with Crippen LogP contribution < -0.4 is 5.32 Å². The molecule has 5 nitrogen and oxygen atoms in total. The Bertz CT molecular complexity index is 551. The van der Waals surface area contributed by atoms with Crippen molar-refractivity contribution in [1.82, 2.24) is 15.0 Å². The predicted octanol–water partition coefficient (Wildman–Crippen LogP) is 3.25. The van der Waals surface area contributed by atoms with Gasteiger partial charge in [-0.25, -0.2) is 9.97 Å². The average molecular weight is 310 g/mol. The number of nitrogens with one attached hydrogen (secondary N) is 2. The number of carbonyl (C=O) groups excluding carboxylic acids is 1. The minimum absolute atomic E-state index is 0.0610. The van der Waals surface area contributed by atoms with E-state index in [9.17, 15) is 4.79 Å². The molecule has 0 spiro atoms. The number of imidazole rings is 1. The van der Waals surface area contributed by atoms with Crippen LogP contribution in [0.3, 0.4) is 0 Å². The lowest BCUT2D eigenvalue weighted by molar-refractivity contribution is -0.113. The SMILES string of the molecule is CCCCc1nc(SCC(=O)Nc2nccs2)[nH]c1C. The van der Waals surface area contributed by atoms with Crippen molar-refractivity contribution in [2.75, 3.05) is 11.1 Å². The molecule has 2 aromatic heterocycles. The molecule has 2 N–H and O–H groups in total. The van der Waals surface area contributed by atoms with Crippen LogP contribution in [0.1, 0.15) is 31.2 Å². The Morgan fingerprint density at radius 2 is 2.40 bits per heavy atom. The normalized spacial score (nSPS) is 10.7. The van der Waals surface area contributed by atoms with Crippen LogP contribution in [-0.4, -0.2) is 26.6 Å². The summed E-state index contributed by atoms with van der Waals surface area (Å²) in [6, 6.07) is 0. The lowest BCUT2D eigenvalue weighted by atomic mass is 10.2. The second-order valence-corrected chi connectivity index (χ2v) is 6.25. The van der Waals surface area contributed by atoms with Gasteiger partial charge >= 0.3 is 0 Å². The molecular formula is C13H18N4OS2. The zero-order valence-corrected chi connectivity index (χ0v) is 13.2. The number of aryl methyl sites for hydroxylation is 2. The molecule has 108 valence electrons. The summed E-state index contributed by atoms with van der Waals surface area (Å²) in [7, 11) is 0. The number of carbonyl (C=O) groups is 1. The average Bonchev–Trinajstić information content (AvgIpc) is 3.04. The van der Waals surface area contributed by atoms with E-state index >= 15 is 0 Å². The minimum Gasteiger partial charge on any atom is -0.337 e. The van der Waals surface area contributed by atoms with Crippen molar-refractivity contribution in [1.29, 1.82) is 0 Å². The minimum atomic E-state index is -0.0610. The molecule has 2 rings (SSSR count). The summed E-state index contributed by atoms with van der Waals surface area (Å²) in [5.41, 5.74) is 2.20. The number of hydrogen-bond donors (Lipinski definition) is 2. The fourth-order valence-electron chi connectivity index (χ4n) is 1.70. The van der Waals surface area contributed by atoms with Crippen LogP contribution in [0.25, 0.3) is 0 Å². The first-order valence-corrected chi connectivity index (χ1v) is 8.43. The van der Waals surface area contributed by atoms with Crippen LogP contribution in [0.5, 0.6) is 0 Å². The summed E-state index contributed by atoms with van der Waals surface area (Å²) < 4.78 is 0. The van der Waals surface area contributed by atoms with E-state index < -0.39 is 0 Å². The number of thioether (sulfide) groups is 1. The highest BCUT2D eigenvalue weighted by atomic mass is 32.2. The molecule has 2 heterocycles. The fraction of sp³-hybridized carbons (Fsp3) is 0.462. The quantitative estimate of drug-likeness (QED) is 0.770. The lowest BCUT2D eigenvalue weighted by Gasteiger charge is -1.99. The lowest BCUT2D eigenvalue weighted by Crippen LogP contribution is -2.13. The van der Waals surface area contributed by atoms with Gasteiger partial charge in [0.05, 0.1) is 11.4 Å². The van der Waals surface area contributed by atoms with Gasteiger partial charge < -0.3 is 10.3 Å². The highest BCUT2D eigenvalue weighted by Crippen LogP contribution is 2.18. The molecule has 0 aliphatic rings. The molecule has 2 aromatic rings. The largest absolute Gasteiger partial charge is 0.337 e. The third-order valence-electron chi connectivity index (χ3n) is 2.75. The maximum atomic E-state index is 11.7.